The number of hydrogen-bond donors (Lipinski definition) is 1. The van der Waals surface area contributed by atoms with Crippen molar-refractivity contribution in [3.8, 4) is 0 Å². The second kappa shape index (κ2) is 33.7. The first kappa shape index (κ1) is 71.4. The van der Waals surface area contributed by atoms with Crippen LogP contribution in [0.15, 0.2) is 30.3 Å². The van der Waals surface area contributed by atoms with Crippen LogP contribution in [0.3, 0.4) is 0 Å². The lowest BCUT2D eigenvalue weighted by Crippen LogP contribution is -2.67. The van der Waals surface area contributed by atoms with E-state index in [2.05, 4.69) is 5.32 Å². The van der Waals surface area contributed by atoms with Crippen molar-refractivity contribution in [3.63, 3.8) is 0 Å². The zero-order chi connectivity index (χ0) is 64.9. The van der Waals surface area contributed by atoms with E-state index < -0.39 is 222 Å². The summed E-state index contributed by atoms with van der Waals surface area (Å²) < 4.78 is 109. The van der Waals surface area contributed by atoms with Crippen LogP contribution >= 0.6 is 0 Å². The number of carbonyl (C=O) groups is 13. The van der Waals surface area contributed by atoms with E-state index >= 15 is 0 Å². The average Bonchev–Trinajstić information content (AvgIpc) is 1.07. The van der Waals surface area contributed by atoms with Gasteiger partial charge in [-0.05, 0) is 5.56 Å². The molecule has 87 heavy (non-hydrogen) atoms. The van der Waals surface area contributed by atoms with Crippen molar-refractivity contribution in [2.24, 2.45) is 0 Å². The van der Waals surface area contributed by atoms with Gasteiger partial charge in [-0.3, -0.25) is 57.5 Å². The number of alkyl carbamates (subject to hydrolysis) is 1. The molecule has 1 amide bonds. The van der Waals surface area contributed by atoms with Crippen LogP contribution < -0.4 is 5.32 Å². The fourth-order valence-corrected chi connectivity index (χ4v) is 8.90. The van der Waals surface area contributed by atoms with Gasteiger partial charge in [0.1, 0.15) is 50.3 Å². The number of amides is 1. The first-order valence-corrected chi connectivity index (χ1v) is 26.6. The van der Waals surface area contributed by atoms with Gasteiger partial charge in [-0.2, -0.15) is 0 Å². The maximum Gasteiger partial charge on any atom is 0.408 e. The number of ether oxygens (including phenoxy) is 19. The van der Waals surface area contributed by atoms with E-state index in [1.807, 2.05) is 0 Å². The Balaban J connectivity index is 2.06. The van der Waals surface area contributed by atoms with Gasteiger partial charge in [-0.1, -0.05) is 30.3 Å². The molecule has 0 unspecified atom stereocenters. The van der Waals surface area contributed by atoms with E-state index in [1.54, 1.807) is 30.3 Å². The molecule has 1 aromatic rings. The Bertz CT molecular complexity index is 2380. The van der Waals surface area contributed by atoms with Gasteiger partial charge >= 0.3 is 77.7 Å². The van der Waals surface area contributed by atoms with Gasteiger partial charge in [0.2, 0.25) is 0 Å². The smallest absolute Gasteiger partial charge is 0.408 e. The second-order valence-corrected chi connectivity index (χ2v) is 19.6. The maximum absolute atomic E-state index is 14.5. The maximum atomic E-state index is 14.5. The molecule has 0 aliphatic carbocycles. The molecule has 0 aromatic heterocycles. The molecule has 484 valence electrons. The summed E-state index contributed by atoms with van der Waals surface area (Å²) in [5.41, 5.74) is -2.07. The van der Waals surface area contributed by atoms with Crippen LogP contribution in [0, 0.1) is 0 Å². The number of nitrogens with one attached hydrogen (secondary N) is 1. The predicted octanol–water partition coefficient (Wildman–Crippen LogP) is -0.0493. The molecular formula is C54H71NO32. The van der Waals surface area contributed by atoms with E-state index in [-0.39, 0.29) is 0 Å². The minimum Gasteiger partial charge on any atom is -0.463 e. The summed E-state index contributed by atoms with van der Waals surface area (Å²) in [5, 5.41) is 2.58. The van der Waals surface area contributed by atoms with Gasteiger partial charge in [0, 0.05) is 83.1 Å². The van der Waals surface area contributed by atoms with Gasteiger partial charge in [0.05, 0.1) is 19.8 Å². The highest BCUT2D eigenvalue weighted by Crippen LogP contribution is 2.35. The average molecular weight is 1250 g/mol. The summed E-state index contributed by atoms with van der Waals surface area (Å²) in [7, 11) is 0. The van der Waals surface area contributed by atoms with Crippen molar-refractivity contribution >= 4 is 77.7 Å². The zero-order valence-electron chi connectivity index (χ0n) is 49.6. The molecule has 3 saturated heterocycles. The van der Waals surface area contributed by atoms with Crippen LogP contribution in [0.4, 0.5) is 4.79 Å². The first-order chi connectivity index (χ1) is 40.9. The molecule has 33 nitrogen and oxygen atoms in total. The van der Waals surface area contributed by atoms with Crippen LogP contribution in [0.2, 0.25) is 0 Å². The molecule has 3 fully saturated rings. The van der Waals surface area contributed by atoms with Crippen molar-refractivity contribution in [1.82, 2.24) is 5.32 Å². The summed E-state index contributed by atoms with van der Waals surface area (Å²) in [6.45, 7) is 5.65. The van der Waals surface area contributed by atoms with Crippen LogP contribution in [-0.4, -0.2) is 215 Å². The molecule has 1 aromatic carbocycles. The van der Waals surface area contributed by atoms with E-state index in [1.165, 1.54) is 0 Å². The second-order valence-electron chi connectivity index (χ2n) is 19.6. The van der Waals surface area contributed by atoms with Gasteiger partial charge < -0.3 is 95.3 Å². The number of rotatable bonds is 27. The zero-order valence-corrected chi connectivity index (χ0v) is 49.6. The Morgan fingerprint density at radius 1 is 0.345 bits per heavy atom. The summed E-state index contributed by atoms with van der Waals surface area (Å²) in [6.07, 6.45) is -28.8. The molecule has 0 bridgehead atoms. The minimum atomic E-state index is -2.51. The quantitative estimate of drug-likeness (QED) is 0.0891. The Kier molecular flexibility index (Phi) is 27.6. The number of esters is 12. The van der Waals surface area contributed by atoms with Gasteiger partial charge in [0.25, 0.3) is 0 Å². The molecule has 3 heterocycles. The molecule has 3 aliphatic heterocycles. The lowest BCUT2D eigenvalue weighted by atomic mass is 9.97. The number of hydrogen-bond acceptors (Lipinski definition) is 32. The normalized spacial score (nSPS) is 26.7. The van der Waals surface area contributed by atoms with Crippen molar-refractivity contribution < 1.29 is 152 Å². The standard InChI is InChI=1S/C54H71NO32/c1-25(56)69-19-38-41(76-28(4)59)44(79-31(7)62)47(82-34(10)65)50(85-38)73-22-54(55-53(68)72-18-37-16-14-13-15-17-37,23-74-51-48(83-35(11)66)45(80-32(8)63)42(77-29(5)60)39(86-51)20-70-26(2)57)24-75-52-49(84-36(12)67)46(81-33(9)64)43(78-30(6)61)40(87-52)21-71-27(3)58/h13-17,38-52H,18-24H2,1-12H3,(H,55,68)/t38-,39-,40-,41-,42-,43-,44+,45+,46+,47+,48+,49+,50+,51+,52+/m1/s1. The third kappa shape index (κ3) is 23.3. The predicted molar refractivity (Wildman–Crippen MR) is 276 cm³/mol. The van der Waals surface area contributed by atoms with Crippen molar-refractivity contribution in [2.75, 3.05) is 39.6 Å². The molecule has 0 spiro atoms. The Morgan fingerprint density at radius 2 is 0.598 bits per heavy atom. The van der Waals surface area contributed by atoms with Crippen LogP contribution in [-0.2, 0) is 154 Å². The van der Waals surface area contributed by atoms with Crippen molar-refractivity contribution in [3.05, 3.63) is 35.9 Å². The SMILES string of the molecule is CC(=O)OC[C@H]1O[C@H](OCC(CO[C@H]2O[C@H](COC(C)=O)[C@@H](OC(C)=O)[C@H](OC(C)=O)[C@@H]2OC(C)=O)(CO[C@H]2O[C@H](COC(C)=O)[C@@H](OC(C)=O)[C@H](OC(C)=O)[C@@H]2OC(C)=O)NC(=O)OCc2ccccc2)[C@@H](OC(C)=O)[C@@H](OC(C)=O)[C@@H]1OC(C)=O. The highest BCUT2D eigenvalue weighted by molar-refractivity contribution is 5.72. The fraction of sp³-hybridized carbons (Fsp3) is 0.648. The summed E-state index contributed by atoms with van der Waals surface area (Å²) >= 11 is 0. The minimum absolute atomic E-state index is 0.439. The lowest BCUT2D eigenvalue weighted by molar-refractivity contribution is -0.328. The molecule has 15 atom stereocenters. The van der Waals surface area contributed by atoms with E-state index in [9.17, 15) is 62.3 Å². The lowest BCUT2D eigenvalue weighted by Gasteiger charge is -2.47. The third-order valence-corrected chi connectivity index (χ3v) is 12.0. The van der Waals surface area contributed by atoms with Crippen molar-refractivity contribution in [1.29, 1.82) is 0 Å². The number of carbonyl (C=O) groups excluding carboxylic acids is 13. The summed E-state index contributed by atoms with van der Waals surface area (Å²) in [4.78, 5) is 166. The highest BCUT2D eigenvalue weighted by Gasteiger charge is 2.57. The Morgan fingerprint density at radius 3 is 0.851 bits per heavy atom. The molecule has 4 rings (SSSR count). The van der Waals surface area contributed by atoms with Crippen LogP contribution in [0.5, 0.6) is 0 Å². The van der Waals surface area contributed by atoms with E-state index in [4.69, 9.17) is 90.0 Å². The van der Waals surface area contributed by atoms with Crippen molar-refractivity contribution in [2.45, 2.75) is 187 Å². The summed E-state index contributed by atoms with van der Waals surface area (Å²) in [6, 6.07) is 8.12. The van der Waals surface area contributed by atoms with E-state index in [0.717, 1.165) is 83.1 Å². The van der Waals surface area contributed by atoms with Gasteiger partial charge in [-0.25, -0.2) is 4.79 Å². The molecule has 33 heteroatoms. The highest BCUT2D eigenvalue weighted by atomic mass is 16.8. The third-order valence-electron chi connectivity index (χ3n) is 12.0. The first-order valence-electron chi connectivity index (χ1n) is 26.6. The summed E-state index contributed by atoms with van der Waals surface area (Å²) in [5.74, 6) is -11.9. The van der Waals surface area contributed by atoms with Crippen LogP contribution in [0.1, 0.15) is 88.6 Å². The fourth-order valence-electron chi connectivity index (χ4n) is 8.90. The monoisotopic (exact) mass is 1250 g/mol. The largest absolute Gasteiger partial charge is 0.463 e. The van der Waals surface area contributed by atoms with Gasteiger partial charge in [-0.15, -0.1) is 0 Å². The van der Waals surface area contributed by atoms with E-state index in [0.29, 0.717) is 5.56 Å². The molecule has 3 aliphatic rings. The molecule has 1 N–H and O–H groups in total. The molecule has 0 saturated carbocycles. The Hall–Kier alpha value is -8.11. The van der Waals surface area contributed by atoms with Gasteiger partial charge in [0.15, 0.2) is 73.8 Å². The topological polar surface area (TPSA) is 409 Å². The number of benzene rings is 1. The van der Waals surface area contributed by atoms with Crippen LogP contribution in [0.25, 0.3) is 0 Å². The molecular weight excluding hydrogens is 1170 g/mol. The Labute approximate surface area is 497 Å². The molecule has 0 radical (unpaired) electrons.